The molecule has 4 nitrogen and oxygen atoms in total. The van der Waals surface area contributed by atoms with E-state index in [9.17, 15) is 0 Å². The van der Waals surface area contributed by atoms with E-state index in [2.05, 4.69) is 11.8 Å². The van der Waals surface area contributed by atoms with E-state index in [1.54, 1.807) is 0 Å². The first kappa shape index (κ1) is 14.1. The van der Waals surface area contributed by atoms with Crippen molar-refractivity contribution in [2.24, 2.45) is 5.92 Å². The summed E-state index contributed by atoms with van der Waals surface area (Å²) in [6.45, 7) is 4.23. The largest absolute Gasteiger partial charge is 0.375 e. The van der Waals surface area contributed by atoms with Crippen LogP contribution in [0.5, 0.6) is 0 Å². The summed E-state index contributed by atoms with van der Waals surface area (Å²) < 4.78 is 23.3. The zero-order valence-corrected chi connectivity index (χ0v) is 12.4. The fourth-order valence-electron chi connectivity index (χ4n) is 3.03. The second-order valence-electron chi connectivity index (χ2n) is 5.53. The molecule has 0 aromatic rings. The van der Waals surface area contributed by atoms with Crippen molar-refractivity contribution in [1.82, 2.24) is 0 Å². The first-order valence-electron chi connectivity index (χ1n) is 7.45. The maximum absolute atomic E-state index is 6.13. The van der Waals surface area contributed by atoms with E-state index in [0.29, 0.717) is 13.2 Å². The van der Waals surface area contributed by atoms with Gasteiger partial charge in [-0.15, -0.1) is 0 Å². The monoisotopic (exact) mass is 288 g/mol. The van der Waals surface area contributed by atoms with Gasteiger partial charge in [0.05, 0.1) is 12.7 Å². The van der Waals surface area contributed by atoms with Gasteiger partial charge >= 0.3 is 0 Å². The molecule has 0 spiro atoms. The van der Waals surface area contributed by atoms with Gasteiger partial charge in [0.1, 0.15) is 12.2 Å². The minimum Gasteiger partial charge on any atom is -0.375 e. The van der Waals surface area contributed by atoms with Gasteiger partial charge in [0, 0.05) is 19.6 Å². The molecule has 0 radical (unpaired) electrons. The van der Waals surface area contributed by atoms with E-state index in [4.69, 9.17) is 18.9 Å². The van der Waals surface area contributed by atoms with Gasteiger partial charge in [-0.2, -0.15) is 11.8 Å². The highest BCUT2D eigenvalue weighted by Crippen LogP contribution is 2.32. The van der Waals surface area contributed by atoms with Gasteiger partial charge in [0.15, 0.2) is 6.29 Å². The van der Waals surface area contributed by atoms with Crippen molar-refractivity contribution in [2.75, 3.05) is 31.3 Å². The molecule has 110 valence electrons. The molecule has 3 fully saturated rings. The molecule has 0 aliphatic carbocycles. The van der Waals surface area contributed by atoms with Crippen molar-refractivity contribution in [3.05, 3.63) is 0 Å². The van der Waals surface area contributed by atoms with Crippen molar-refractivity contribution in [3.63, 3.8) is 0 Å². The summed E-state index contributed by atoms with van der Waals surface area (Å²) in [5.41, 5.74) is 0. The maximum Gasteiger partial charge on any atom is 0.184 e. The molecule has 1 unspecified atom stereocenters. The summed E-state index contributed by atoms with van der Waals surface area (Å²) in [4.78, 5) is 0. The second kappa shape index (κ2) is 6.76. The van der Waals surface area contributed by atoms with Crippen molar-refractivity contribution in [2.45, 2.75) is 50.8 Å². The van der Waals surface area contributed by atoms with Crippen LogP contribution in [0.1, 0.15) is 26.2 Å². The van der Waals surface area contributed by atoms with Crippen molar-refractivity contribution in [3.8, 4) is 0 Å². The van der Waals surface area contributed by atoms with Crippen LogP contribution in [0.3, 0.4) is 0 Å². The third-order valence-electron chi connectivity index (χ3n) is 4.18. The Morgan fingerprint density at radius 1 is 1.16 bits per heavy atom. The Morgan fingerprint density at radius 2 is 2.00 bits per heavy atom. The summed E-state index contributed by atoms with van der Waals surface area (Å²) >= 11 is 2.06. The van der Waals surface area contributed by atoms with Gasteiger partial charge < -0.3 is 18.9 Å². The average molecular weight is 288 g/mol. The second-order valence-corrected chi connectivity index (χ2v) is 6.76. The van der Waals surface area contributed by atoms with Crippen molar-refractivity contribution in [1.29, 1.82) is 0 Å². The van der Waals surface area contributed by atoms with Gasteiger partial charge in [-0.1, -0.05) is 0 Å². The lowest BCUT2D eigenvalue weighted by Crippen LogP contribution is -2.45. The quantitative estimate of drug-likeness (QED) is 0.774. The molecule has 0 aromatic heterocycles. The summed E-state index contributed by atoms with van der Waals surface area (Å²) in [6, 6.07) is 0. The molecule has 4 atom stereocenters. The Morgan fingerprint density at radius 3 is 2.79 bits per heavy atom. The SMILES string of the molecule is CCO[C@@H]1C[C@H](OCC2CCSCC2)[C@H]2COC1O2. The highest BCUT2D eigenvalue weighted by atomic mass is 32.2. The van der Waals surface area contributed by atoms with Crippen LogP contribution in [0.4, 0.5) is 0 Å². The molecule has 0 N–H and O–H groups in total. The Hall–Kier alpha value is 0.190. The Bertz CT molecular complexity index is 283. The predicted octanol–water partition coefficient (Wildman–Crippen LogP) is 2.07. The molecule has 0 aromatic carbocycles. The Kier molecular flexibility index (Phi) is 5.03. The summed E-state index contributed by atoms with van der Waals surface area (Å²) in [5.74, 6) is 3.29. The summed E-state index contributed by atoms with van der Waals surface area (Å²) in [6.07, 6.45) is 3.61. The lowest BCUT2D eigenvalue weighted by Gasteiger charge is -2.34. The number of fused-ring (bicyclic) bond motifs is 2. The number of ether oxygens (including phenoxy) is 4. The first-order chi connectivity index (χ1) is 9.36. The van der Waals surface area contributed by atoms with E-state index >= 15 is 0 Å². The highest BCUT2D eigenvalue weighted by Gasteiger charge is 2.45. The summed E-state index contributed by atoms with van der Waals surface area (Å²) in [5, 5.41) is 0. The van der Waals surface area contributed by atoms with Crippen molar-refractivity contribution < 1.29 is 18.9 Å². The van der Waals surface area contributed by atoms with Gasteiger partial charge in [-0.3, -0.25) is 0 Å². The van der Waals surface area contributed by atoms with Crippen LogP contribution in [0.15, 0.2) is 0 Å². The molecule has 3 heterocycles. The van der Waals surface area contributed by atoms with Gasteiger partial charge in [0.2, 0.25) is 0 Å². The normalized spacial score (nSPS) is 39.6. The fraction of sp³-hybridized carbons (Fsp3) is 1.00. The van der Waals surface area contributed by atoms with Crippen LogP contribution < -0.4 is 0 Å². The molecule has 3 aliphatic rings. The van der Waals surface area contributed by atoms with E-state index in [-0.39, 0.29) is 24.6 Å². The lowest BCUT2D eigenvalue weighted by atomic mass is 10.0. The molecular weight excluding hydrogens is 264 g/mol. The van der Waals surface area contributed by atoms with E-state index in [1.165, 1.54) is 24.3 Å². The third-order valence-corrected chi connectivity index (χ3v) is 5.23. The van der Waals surface area contributed by atoms with Gasteiger partial charge in [-0.25, -0.2) is 0 Å². The van der Waals surface area contributed by atoms with Crippen LogP contribution in [0.2, 0.25) is 0 Å². The average Bonchev–Trinajstić information content (AvgIpc) is 2.87. The highest BCUT2D eigenvalue weighted by molar-refractivity contribution is 7.99. The van der Waals surface area contributed by atoms with Gasteiger partial charge in [-0.05, 0) is 37.2 Å². The number of thioether (sulfide) groups is 1. The van der Waals surface area contributed by atoms with Crippen molar-refractivity contribution >= 4 is 11.8 Å². The number of hydrogen-bond acceptors (Lipinski definition) is 5. The smallest absolute Gasteiger partial charge is 0.184 e. The van der Waals surface area contributed by atoms with Gasteiger partial charge in [0.25, 0.3) is 0 Å². The molecular formula is C14H24O4S. The standard InChI is InChI=1S/C14H24O4S/c1-2-15-12-7-11(13-9-17-14(12)18-13)16-8-10-3-5-19-6-4-10/h10-14H,2-9H2,1H3/t11-,12+,13+,14?/m0/s1. The van der Waals surface area contributed by atoms with E-state index in [1.807, 2.05) is 6.92 Å². The maximum atomic E-state index is 6.13. The third kappa shape index (κ3) is 3.45. The van der Waals surface area contributed by atoms with E-state index < -0.39 is 0 Å². The zero-order valence-electron chi connectivity index (χ0n) is 11.6. The molecule has 0 amide bonds. The first-order valence-corrected chi connectivity index (χ1v) is 8.60. The molecule has 3 saturated heterocycles. The molecule has 0 saturated carbocycles. The number of hydrogen-bond donors (Lipinski definition) is 0. The summed E-state index contributed by atoms with van der Waals surface area (Å²) in [7, 11) is 0. The Balaban J connectivity index is 1.49. The number of rotatable bonds is 5. The lowest BCUT2D eigenvalue weighted by molar-refractivity contribution is -0.206. The Labute approximate surface area is 119 Å². The minimum atomic E-state index is -0.170. The predicted molar refractivity (Wildman–Crippen MR) is 74.4 cm³/mol. The molecule has 3 aliphatic heterocycles. The molecule has 5 heteroatoms. The molecule has 3 rings (SSSR count). The van der Waals surface area contributed by atoms with Crippen LogP contribution in [0.25, 0.3) is 0 Å². The van der Waals surface area contributed by atoms with Crippen LogP contribution in [-0.4, -0.2) is 55.9 Å². The molecule has 2 bridgehead atoms. The zero-order chi connectivity index (χ0) is 13.1. The molecule has 19 heavy (non-hydrogen) atoms. The van der Waals surface area contributed by atoms with Crippen LogP contribution in [0, 0.1) is 5.92 Å². The van der Waals surface area contributed by atoms with Crippen LogP contribution in [-0.2, 0) is 18.9 Å². The van der Waals surface area contributed by atoms with E-state index in [0.717, 1.165) is 18.9 Å². The topological polar surface area (TPSA) is 36.9 Å². The minimum absolute atomic E-state index is 0.0376. The fourth-order valence-corrected chi connectivity index (χ4v) is 4.24. The van der Waals surface area contributed by atoms with Crippen LogP contribution >= 0.6 is 11.8 Å².